The second kappa shape index (κ2) is 6.80. The summed E-state index contributed by atoms with van der Waals surface area (Å²) in [6, 6.07) is 10.5. The molecule has 0 bridgehead atoms. The maximum Gasteiger partial charge on any atom is 0.222 e. The summed E-state index contributed by atoms with van der Waals surface area (Å²) in [5.74, 6) is 1.13. The number of nitrogens with one attached hydrogen (secondary N) is 1. The van der Waals surface area contributed by atoms with Crippen LogP contribution in [0, 0.1) is 6.92 Å². The molecule has 3 aromatic rings. The first-order chi connectivity index (χ1) is 12.2. The third-order valence-corrected chi connectivity index (χ3v) is 5.41. The van der Waals surface area contributed by atoms with Crippen molar-refractivity contribution in [3.8, 4) is 0 Å². The van der Waals surface area contributed by atoms with Gasteiger partial charge in [-0.05, 0) is 30.5 Å². The van der Waals surface area contributed by atoms with Gasteiger partial charge in [0.05, 0.1) is 5.39 Å². The fourth-order valence-corrected chi connectivity index (χ4v) is 4.08. The van der Waals surface area contributed by atoms with Crippen molar-refractivity contribution in [2.24, 2.45) is 0 Å². The summed E-state index contributed by atoms with van der Waals surface area (Å²) in [5.41, 5.74) is 2.36. The van der Waals surface area contributed by atoms with Gasteiger partial charge in [-0.2, -0.15) is 0 Å². The summed E-state index contributed by atoms with van der Waals surface area (Å²) in [7, 11) is 0. The van der Waals surface area contributed by atoms with E-state index in [1.807, 2.05) is 4.90 Å². The molecule has 1 fully saturated rings. The predicted molar refractivity (Wildman–Crippen MR) is 101 cm³/mol. The first-order valence-corrected chi connectivity index (χ1v) is 9.31. The van der Waals surface area contributed by atoms with E-state index >= 15 is 0 Å². The second-order valence-electron chi connectivity index (χ2n) is 6.39. The van der Waals surface area contributed by atoms with Crippen LogP contribution in [0.1, 0.15) is 28.8 Å². The van der Waals surface area contributed by atoms with E-state index in [0.29, 0.717) is 19.5 Å². The van der Waals surface area contributed by atoms with E-state index in [4.69, 9.17) is 0 Å². The number of carbonyl (C=O) groups is 1. The summed E-state index contributed by atoms with van der Waals surface area (Å²) in [5, 5.41) is 4.49. The van der Waals surface area contributed by atoms with Crippen LogP contribution >= 0.6 is 11.3 Å². The van der Waals surface area contributed by atoms with Gasteiger partial charge < -0.3 is 10.2 Å². The Hall–Kier alpha value is -2.47. The maximum absolute atomic E-state index is 11.8. The molecule has 25 heavy (non-hydrogen) atoms. The van der Waals surface area contributed by atoms with Crippen molar-refractivity contribution in [3.05, 3.63) is 52.7 Å². The largest absolute Gasteiger partial charge is 0.365 e. The average molecular weight is 352 g/mol. The summed E-state index contributed by atoms with van der Waals surface area (Å²) in [6.45, 7) is 4.36. The third-order valence-electron chi connectivity index (χ3n) is 4.45. The number of aryl methyl sites for hydroxylation is 1. The number of thiophene rings is 1. The van der Waals surface area contributed by atoms with Crippen LogP contribution in [-0.4, -0.2) is 27.3 Å². The van der Waals surface area contributed by atoms with Gasteiger partial charge in [0.1, 0.15) is 17.0 Å². The zero-order valence-electron chi connectivity index (χ0n) is 14.2. The lowest BCUT2D eigenvalue weighted by molar-refractivity contribution is -0.128. The van der Waals surface area contributed by atoms with E-state index < -0.39 is 0 Å². The molecular formula is C19H20N4OS. The lowest BCUT2D eigenvalue weighted by atomic mass is 10.1. The number of hydrogen-bond acceptors (Lipinski definition) is 5. The Labute approximate surface area is 150 Å². The van der Waals surface area contributed by atoms with Crippen LogP contribution in [-0.2, 0) is 17.9 Å². The Morgan fingerprint density at radius 1 is 1.24 bits per heavy atom. The molecule has 5 nitrogen and oxygen atoms in total. The number of amides is 1. The second-order valence-corrected chi connectivity index (χ2v) is 7.63. The monoisotopic (exact) mass is 352 g/mol. The maximum atomic E-state index is 11.8. The van der Waals surface area contributed by atoms with Crippen molar-refractivity contribution in [2.75, 3.05) is 11.9 Å². The smallest absolute Gasteiger partial charge is 0.222 e. The van der Waals surface area contributed by atoms with Crippen LogP contribution in [0.2, 0.25) is 0 Å². The summed E-state index contributed by atoms with van der Waals surface area (Å²) >= 11 is 1.68. The summed E-state index contributed by atoms with van der Waals surface area (Å²) < 4.78 is 0. The molecule has 1 saturated heterocycles. The van der Waals surface area contributed by atoms with E-state index in [2.05, 4.69) is 52.5 Å². The molecule has 0 spiro atoms. The molecule has 0 atom stereocenters. The van der Waals surface area contributed by atoms with Crippen LogP contribution < -0.4 is 5.32 Å². The molecule has 0 aliphatic carbocycles. The zero-order chi connectivity index (χ0) is 17.2. The molecule has 1 aliphatic heterocycles. The highest BCUT2D eigenvalue weighted by atomic mass is 32.1. The minimum atomic E-state index is 0.264. The van der Waals surface area contributed by atoms with Gasteiger partial charge in [0.15, 0.2) is 0 Å². The molecule has 1 N–H and O–H groups in total. The Morgan fingerprint density at radius 2 is 2.12 bits per heavy atom. The first kappa shape index (κ1) is 16.0. The minimum Gasteiger partial charge on any atom is -0.365 e. The molecule has 2 aromatic heterocycles. The Morgan fingerprint density at radius 3 is 2.96 bits per heavy atom. The van der Waals surface area contributed by atoms with Crippen LogP contribution in [0.4, 0.5) is 5.82 Å². The number of aromatic nitrogens is 2. The fraction of sp³-hybridized carbons (Fsp3) is 0.316. The Kier molecular flexibility index (Phi) is 4.36. The van der Waals surface area contributed by atoms with E-state index in [-0.39, 0.29) is 5.91 Å². The van der Waals surface area contributed by atoms with Crippen molar-refractivity contribution in [2.45, 2.75) is 32.9 Å². The normalized spacial score (nSPS) is 14.4. The minimum absolute atomic E-state index is 0.264. The van der Waals surface area contributed by atoms with Crippen molar-refractivity contribution in [1.29, 1.82) is 0 Å². The van der Waals surface area contributed by atoms with Gasteiger partial charge >= 0.3 is 0 Å². The lowest BCUT2D eigenvalue weighted by Gasteiger charge is -2.16. The number of benzene rings is 1. The molecule has 6 heteroatoms. The fourth-order valence-electron chi connectivity index (χ4n) is 3.23. The molecule has 1 aliphatic rings. The van der Waals surface area contributed by atoms with Crippen molar-refractivity contribution < 1.29 is 4.79 Å². The molecule has 4 rings (SSSR count). The topological polar surface area (TPSA) is 58.1 Å². The molecular weight excluding hydrogens is 332 g/mol. The Bertz CT molecular complexity index is 921. The average Bonchev–Trinajstić information content (AvgIpc) is 3.18. The molecule has 0 saturated carbocycles. The van der Waals surface area contributed by atoms with Gasteiger partial charge in [0, 0.05) is 30.9 Å². The van der Waals surface area contributed by atoms with E-state index in [1.54, 1.807) is 17.7 Å². The first-order valence-electron chi connectivity index (χ1n) is 8.49. The van der Waals surface area contributed by atoms with Crippen LogP contribution in [0.15, 0.2) is 36.7 Å². The van der Waals surface area contributed by atoms with E-state index in [0.717, 1.165) is 29.0 Å². The molecule has 1 amide bonds. The van der Waals surface area contributed by atoms with Gasteiger partial charge in [-0.3, -0.25) is 4.79 Å². The van der Waals surface area contributed by atoms with E-state index in [9.17, 15) is 4.79 Å². The predicted octanol–water partition coefficient (Wildman–Crippen LogP) is 3.73. The number of fused-ring (bicyclic) bond motifs is 1. The highest BCUT2D eigenvalue weighted by Gasteiger charge is 2.19. The van der Waals surface area contributed by atoms with Gasteiger partial charge in [-0.25, -0.2) is 9.97 Å². The molecule has 3 heterocycles. The summed E-state index contributed by atoms with van der Waals surface area (Å²) in [6.07, 6.45) is 3.27. The van der Waals surface area contributed by atoms with E-state index in [1.165, 1.54) is 16.0 Å². The number of nitrogens with zero attached hydrogens (tertiary/aromatic N) is 3. The number of rotatable bonds is 5. The van der Waals surface area contributed by atoms with Crippen molar-refractivity contribution in [1.82, 2.24) is 14.9 Å². The van der Waals surface area contributed by atoms with Gasteiger partial charge in [0.2, 0.25) is 5.91 Å². The quantitative estimate of drug-likeness (QED) is 0.760. The lowest BCUT2D eigenvalue weighted by Crippen LogP contribution is -2.23. The highest BCUT2D eigenvalue weighted by Crippen LogP contribution is 2.27. The molecule has 0 radical (unpaired) electrons. The third kappa shape index (κ3) is 3.49. The van der Waals surface area contributed by atoms with Crippen LogP contribution in [0.3, 0.4) is 0 Å². The number of likely N-dealkylation sites (tertiary alicyclic amines) is 1. The number of hydrogen-bond donors (Lipinski definition) is 1. The van der Waals surface area contributed by atoms with Crippen molar-refractivity contribution >= 4 is 33.3 Å². The molecule has 1 aromatic carbocycles. The number of carbonyl (C=O) groups excluding carboxylic acids is 1. The standard InChI is InChI=1S/C19H20N4OS/c1-13-8-16-18(21-12-22-19(16)25-13)20-10-14-4-2-5-15(9-14)11-23-7-3-6-17(23)24/h2,4-5,8-9,12H,3,6-7,10-11H2,1H3,(H,20,21,22). The number of anilines is 1. The van der Waals surface area contributed by atoms with Crippen LogP contribution in [0.5, 0.6) is 0 Å². The summed E-state index contributed by atoms with van der Waals surface area (Å²) in [4.78, 5) is 24.7. The Balaban J connectivity index is 1.47. The van der Waals surface area contributed by atoms with Gasteiger partial charge in [-0.15, -0.1) is 11.3 Å². The van der Waals surface area contributed by atoms with Gasteiger partial charge in [-0.1, -0.05) is 24.3 Å². The van der Waals surface area contributed by atoms with Gasteiger partial charge in [0.25, 0.3) is 0 Å². The SMILES string of the molecule is Cc1cc2c(NCc3cccc(CN4CCCC4=O)c3)ncnc2s1. The zero-order valence-corrected chi connectivity index (χ0v) is 15.0. The van der Waals surface area contributed by atoms with Crippen LogP contribution in [0.25, 0.3) is 10.2 Å². The highest BCUT2D eigenvalue weighted by molar-refractivity contribution is 7.18. The molecule has 128 valence electrons. The molecule has 0 unspecified atom stereocenters. The van der Waals surface area contributed by atoms with Crippen molar-refractivity contribution in [3.63, 3.8) is 0 Å².